The van der Waals surface area contributed by atoms with Crippen molar-refractivity contribution in [2.45, 2.75) is 67.9 Å². The fraction of sp³-hybridized carbons (Fsp3) is 0.607. The zero-order valence-electron chi connectivity index (χ0n) is 21.7. The molecule has 37 heavy (non-hydrogen) atoms. The van der Waals surface area contributed by atoms with Gasteiger partial charge in [-0.05, 0) is 63.8 Å². The van der Waals surface area contributed by atoms with Gasteiger partial charge >= 0.3 is 5.97 Å². The molecule has 0 radical (unpaired) electrons. The minimum absolute atomic E-state index is 0.121. The van der Waals surface area contributed by atoms with Gasteiger partial charge in [-0.3, -0.25) is 14.4 Å². The normalized spacial score (nSPS) is 29.9. The Bertz CT molecular complexity index is 1040. The van der Waals surface area contributed by atoms with Crippen molar-refractivity contribution in [3.63, 3.8) is 0 Å². The zero-order chi connectivity index (χ0) is 26.8. The predicted molar refractivity (Wildman–Crippen MR) is 147 cm³/mol. The maximum absolute atomic E-state index is 14.4. The van der Waals surface area contributed by atoms with Crippen molar-refractivity contribution in [2.24, 2.45) is 11.8 Å². The summed E-state index contributed by atoms with van der Waals surface area (Å²) in [5.74, 6) is -1.78. The van der Waals surface area contributed by atoms with Gasteiger partial charge in [0.2, 0.25) is 5.91 Å². The van der Waals surface area contributed by atoms with E-state index in [-0.39, 0.29) is 31.0 Å². The van der Waals surface area contributed by atoms with Crippen LogP contribution in [-0.2, 0) is 19.1 Å². The van der Waals surface area contributed by atoms with E-state index >= 15 is 0 Å². The van der Waals surface area contributed by atoms with Crippen molar-refractivity contribution in [3.05, 3.63) is 41.9 Å². The largest absolute Gasteiger partial charge is 0.466 e. The summed E-state index contributed by atoms with van der Waals surface area (Å²) in [4.78, 5) is 45.1. The number of nitrogens with zero attached hydrogens (tertiary/aromatic N) is 2. The summed E-state index contributed by atoms with van der Waals surface area (Å²) < 4.78 is 4.33. The van der Waals surface area contributed by atoms with E-state index in [1.807, 2.05) is 6.92 Å². The quantitative estimate of drug-likeness (QED) is 0.236. The minimum atomic E-state index is -0.690. The number of thioether (sulfide) groups is 1. The van der Waals surface area contributed by atoms with Gasteiger partial charge in [0, 0.05) is 35.2 Å². The lowest BCUT2D eigenvalue weighted by atomic mass is 9.66. The van der Waals surface area contributed by atoms with Crippen molar-refractivity contribution in [2.75, 3.05) is 31.2 Å². The van der Waals surface area contributed by atoms with Gasteiger partial charge in [-0.25, -0.2) is 0 Å². The van der Waals surface area contributed by atoms with Crippen molar-refractivity contribution < 1.29 is 24.2 Å². The topological polar surface area (TPSA) is 87.2 Å². The summed E-state index contributed by atoms with van der Waals surface area (Å²) in [5.41, 5.74) is 0.690. The van der Waals surface area contributed by atoms with Crippen LogP contribution in [0.4, 0.5) is 5.69 Å². The number of ether oxygens (including phenoxy) is 1. The van der Waals surface area contributed by atoms with Gasteiger partial charge in [0.1, 0.15) is 6.04 Å². The molecule has 5 atom stereocenters. The van der Waals surface area contributed by atoms with Gasteiger partial charge in [-0.1, -0.05) is 30.5 Å². The van der Waals surface area contributed by atoms with Crippen LogP contribution in [0.5, 0.6) is 0 Å². The molecule has 2 unspecified atom stereocenters. The van der Waals surface area contributed by atoms with E-state index in [4.69, 9.17) is 21.4 Å². The second-order valence-corrected chi connectivity index (χ2v) is 12.7. The third-order valence-electron chi connectivity index (χ3n) is 8.07. The number of unbranched alkanes of at least 4 members (excludes halogenated alkanes) is 3. The Morgan fingerprint density at radius 3 is 2.59 bits per heavy atom. The summed E-state index contributed by atoms with van der Waals surface area (Å²) in [7, 11) is 0. The highest BCUT2D eigenvalue weighted by molar-refractivity contribution is 8.02. The molecule has 1 aromatic carbocycles. The maximum Gasteiger partial charge on any atom is 0.311 e. The van der Waals surface area contributed by atoms with Crippen LogP contribution in [0.25, 0.3) is 0 Å². The predicted octanol–water partition coefficient (Wildman–Crippen LogP) is 4.46. The average molecular weight is 549 g/mol. The molecular formula is C28H37ClN2O5S. The number of aliphatic hydroxyl groups excluding tert-OH is 1. The Morgan fingerprint density at radius 1 is 1.24 bits per heavy atom. The van der Waals surface area contributed by atoms with Crippen molar-refractivity contribution in [1.82, 2.24) is 4.90 Å². The number of carbonyl (C=O) groups excluding carboxylic acids is 3. The van der Waals surface area contributed by atoms with E-state index in [2.05, 4.69) is 6.58 Å². The highest BCUT2D eigenvalue weighted by Gasteiger charge is 2.77. The third-order valence-corrected chi connectivity index (χ3v) is 10.3. The van der Waals surface area contributed by atoms with Crippen molar-refractivity contribution in [3.8, 4) is 0 Å². The number of hydrogen-bond acceptors (Lipinski definition) is 6. The van der Waals surface area contributed by atoms with Gasteiger partial charge in [0.05, 0.1) is 23.2 Å². The zero-order valence-corrected chi connectivity index (χ0v) is 23.2. The first-order valence-electron chi connectivity index (χ1n) is 13.2. The summed E-state index contributed by atoms with van der Waals surface area (Å²) >= 11 is 7.75. The lowest BCUT2D eigenvalue weighted by molar-refractivity contribution is -0.155. The molecule has 0 aromatic heterocycles. The second-order valence-electron chi connectivity index (χ2n) is 10.4. The molecule has 1 N–H and O–H groups in total. The molecule has 0 saturated carbocycles. The Kier molecular flexibility index (Phi) is 8.61. The molecule has 7 nitrogen and oxygen atoms in total. The van der Waals surface area contributed by atoms with Crippen LogP contribution in [0.2, 0.25) is 5.02 Å². The van der Waals surface area contributed by atoms with E-state index < -0.39 is 27.4 Å². The third kappa shape index (κ3) is 4.92. The van der Waals surface area contributed by atoms with Crippen LogP contribution in [-0.4, -0.2) is 69.6 Å². The highest BCUT2D eigenvalue weighted by atomic mass is 35.5. The Labute approximate surface area is 228 Å². The summed E-state index contributed by atoms with van der Waals surface area (Å²) in [6, 6.07) is 6.40. The lowest BCUT2D eigenvalue weighted by Gasteiger charge is -2.37. The number of hydrogen-bond donors (Lipinski definition) is 1. The molecular weight excluding hydrogens is 512 g/mol. The molecule has 2 amide bonds. The van der Waals surface area contributed by atoms with Crippen molar-refractivity contribution in [1.29, 1.82) is 0 Å². The number of carbonyl (C=O) groups is 3. The Hall–Kier alpha value is -2.03. The van der Waals surface area contributed by atoms with Gasteiger partial charge < -0.3 is 19.6 Å². The van der Waals surface area contributed by atoms with Gasteiger partial charge in [-0.2, -0.15) is 0 Å². The number of fused-ring (bicyclic) bond motifs is 1. The first-order chi connectivity index (χ1) is 17.7. The molecule has 2 bridgehead atoms. The molecule has 4 rings (SSSR count). The van der Waals surface area contributed by atoms with Gasteiger partial charge in [0.25, 0.3) is 5.91 Å². The Morgan fingerprint density at radius 2 is 1.95 bits per heavy atom. The van der Waals surface area contributed by atoms with Gasteiger partial charge in [0.15, 0.2) is 0 Å². The van der Waals surface area contributed by atoms with E-state index in [9.17, 15) is 14.4 Å². The van der Waals surface area contributed by atoms with E-state index in [0.29, 0.717) is 36.6 Å². The first-order valence-corrected chi connectivity index (χ1v) is 14.4. The molecule has 1 spiro atoms. The Balaban J connectivity index is 1.72. The minimum Gasteiger partial charge on any atom is -0.466 e. The van der Waals surface area contributed by atoms with Crippen LogP contribution in [0, 0.1) is 11.8 Å². The fourth-order valence-corrected chi connectivity index (χ4v) is 8.97. The number of anilines is 1. The van der Waals surface area contributed by atoms with Crippen LogP contribution >= 0.6 is 23.4 Å². The monoisotopic (exact) mass is 548 g/mol. The van der Waals surface area contributed by atoms with Crippen LogP contribution < -0.4 is 4.90 Å². The fourth-order valence-electron chi connectivity index (χ4n) is 6.50. The maximum atomic E-state index is 14.4. The SMILES string of the molecule is C=CCN(C(=O)C1N(CCCCCCO)C(=O)[C@@H]2[C@@H](C(=O)OCC)[C@@]3(C)CCC12S3)c1ccc(Cl)cc1. The number of likely N-dealkylation sites (tertiary alicyclic amines) is 1. The summed E-state index contributed by atoms with van der Waals surface area (Å²) in [6.07, 6.45) is 6.28. The molecule has 202 valence electrons. The number of esters is 1. The second kappa shape index (κ2) is 11.4. The van der Waals surface area contributed by atoms with E-state index in [0.717, 1.165) is 25.7 Å². The molecule has 0 aliphatic carbocycles. The summed E-state index contributed by atoms with van der Waals surface area (Å²) in [5, 5.41) is 9.70. The number of rotatable bonds is 12. The molecule has 3 saturated heterocycles. The van der Waals surface area contributed by atoms with Crippen LogP contribution in [0.15, 0.2) is 36.9 Å². The molecule has 3 aliphatic rings. The molecule has 3 heterocycles. The smallest absolute Gasteiger partial charge is 0.311 e. The molecule has 3 aliphatic heterocycles. The van der Waals surface area contributed by atoms with E-state index in [1.54, 1.807) is 58.8 Å². The van der Waals surface area contributed by atoms with Gasteiger partial charge in [-0.15, -0.1) is 18.3 Å². The number of benzene rings is 1. The molecule has 1 aromatic rings. The van der Waals surface area contributed by atoms with Crippen molar-refractivity contribution >= 4 is 46.8 Å². The average Bonchev–Trinajstić information content (AvgIpc) is 3.43. The molecule has 3 fully saturated rings. The van der Waals surface area contributed by atoms with E-state index in [1.165, 1.54) is 0 Å². The number of halogens is 1. The highest BCUT2D eigenvalue weighted by Crippen LogP contribution is 2.71. The first kappa shape index (κ1) is 28.0. The standard InChI is InChI=1S/C28H37ClN2O5S/c1-4-16-30(20-12-10-19(29)11-13-20)25(34)23-28-15-14-27(3,37-28)22(26(35)36-5-2)21(28)24(33)31(23)17-8-6-7-9-18-32/h4,10-13,21-23,32H,1,5-9,14-18H2,2-3H3/t21-,22-,23?,27+,28?/m0/s1. The number of aliphatic hydroxyl groups is 1. The van der Waals surface area contributed by atoms with Crippen LogP contribution in [0.3, 0.4) is 0 Å². The molecule has 9 heteroatoms. The lowest BCUT2D eigenvalue weighted by Crippen LogP contribution is -2.55. The summed E-state index contributed by atoms with van der Waals surface area (Å²) in [6.45, 7) is 8.80. The van der Waals surface area contributed by atoms with Crippen LogP contribution in [0.1, 0.15) is 52.4 Å². The number of amides is 2.